The number of ether oxygens (including phenoxy) is 1. The van der Waals surface area contributed by atoms with Crippen molar-refractivity contribution in [2.75, 3.05) is 31.5 Å². The standard InChI is InChI=1S/C29H43N7O5S/c1-19(2)17-35-18-20-16-21(6-7-23(20)42(35,39)40)32-25-24-22(8-13-31-26(24)37)36(33-25)29(9-12-30)10-14-34(15-11-29)27(38)41-28(3,4)5/h6-7,16,19,22,24-25,32-33H,8-11,13-15,17-18H2,1-5H3,(H,31,37). The van der Waals surface area contributed by atoms with Gasteiger partial charge in [0.25, 0.3) is 0 Å². The lowest BCUT2D eigenvalue weighted by atomic mass is 9.81. The van der Waals surface area contributed by atoms with E-state index in [-0.39, 0.29) is 30.4 Å². The third kappa shape index (κ3) is 5.82. The van der Waals surface area contributed by atoms with Crippen LogP contribution >= 0.6 is 0 Å². The van der Waals surface area contributed by atoms with Crippen molar-refractivity contribution < 1.29 is 22.7 Å². The molecular formula is C29H43N7O5S. The quantitative estimate of drug-likeness (QED) is 0.448. The van der Waals surface area contributed by atoms with Gasteiger partial charge in [0, 0.05) is 44.5 Å². The number of sulfonamides is 1. The third-order valence-electron chi connectivity index (χ3n) is 8.61. The maximum Gasteiger partial charge on any atom is 0.410 e. The Labute approximate surface area is 248 Å². The predicted molar refractivity (Wildman–Crippen MR) is 156 cm³/mol. The number of hydrogen-bond acceptors (Lipinski definition) is 9. The lowest BCUT2D eigenvalue weighted by Crippen LogP contribution is -2.62. The Hall–Kier alpha value is -2.92. The number of hydrazine groups is 1. The van der Waals surface area contributed by atoms with Gasteiger partial charge in [-0.15, -0.1) is 0 Å². The monoisotopic (exact) mass is 601 g/mol. The molecule has 5 rings (SSSR count). The van der Waals surface area contributed by atoms with E-state index >= 15 is 0 Å². The number of hydrogen-bond donors (Lipinski definition) is 3. The largest absolute Gasteiger partial charge is 0.444 e. The Morgan fingerprint density at radius 1 is 1.26 bits per heavy atom. The van der Waals surface area contributed by atoms with E-state index in [1.165, 1.54) is 4.31 Å². The van der Waals surface area contributed by atoms with Crippen LogP contribution in [0.1, 0.15) is 65.9 Å². The second kappa shape index (κ2) is 11.3. The Kier molecular flexibility index (Phi) is 8.21. The highest BCUT2D eigenvalue weighted by Crippen LogP contribution is 2.41. The molecule has 1 aromatic carbocycles. The minimum atomic E-state index is -3.52. The molecule has 3 atom stereocenters. The third-order valence-corrected chi connectivity index (χ3v) is 10.5. The fraction of sp³-hybridized carbons (Fsp3) is 0.690. The zero-order valence-corrected chi connectivity index (χ0v) is 26.0. The van der Waals surface area contributed by atoms with Crippen LogP contribution < -0.4 is 16.1 Å². The number of fused-ring (bicyclic) bond motifs is 2. The zero-order valence-electron chi connectivity index (χ0n) is 25.1. The molecule has 3 saturated heterocycles. The molecule has 230 valence electrons. The summed E-state index contributed by atoms with van der Waals surface area (Å²) in [6.07, 6.45) is 1.28. The van der Waals surface area contributed by atoms with Crippen molar-refractivity contribution in [2.24, 2.45) is 11.8 Å². The highest BCUT2D eigenvalue weighted by molar-refractivity contribution is 7.89. The molecule has 4 aliphatic heterocycles. The van der Waals surface area contributed by atoms with Crippen molar-refractivity contribution in [2.45, 2.75) is 95.1 Å². The van der Waals surface area contributed by atoms with Crippen LogP contribution in [-0.2, 0) is 26.1 Å². The average molecular weight is 602 g/mol. The lowest BCUT2D eigenvalue weighted by Gasteiger charge is -2.48. The summed E-state index contributed by atoms with van der Waals surface area (Å²) in [7, 11) is -3.52. The zero-order chi connectivity index (χ0) is 30.4. The molecule has 13 heteroatoms. The Bertz CT molecular complexity index is 1360. The molecule has 0 bridgehead atoms. The normalized spacial score (nSPS) is 27.2. The molecule has 3 N–H and O–H groups in total. The molecule has 4 aliphatic rings. The summed E-state index contributed by atoms with van der Waals surface area (Å²) >= 11 is 0. The fourth-order valence-electron chi connectivity index (χ4n) is 6.71. The van der Waals surface area contributed by atoms with E-state index in [1.54, 1.807) is 17.0 Å². The average Bonchev–Trinajstić information content (AvgIpc) is 3.38. The second-order valence-corrected chi connectivity index (χ2v) is 15.2. The minimum absolute atomic E-state index is 0.0658. The smallest absolute Gasteiger partial charge is 0.410 e. The summed E-state index contributed by atoms with van der Waals surface area (Å²) in [6, 6.07) is 7.47. The maximum atomic E-state index is 13.2. The summed E-state index contributed by atoms with van der Waals surface area (Å²) in [5.41, 5.74) is 3.86. The van der Waals surface area contributed by atoms with Gasteiger partial charge in [-0.2, -0.15) is 9.57 Å². The highest BCUT2D eigenvalue weighted by atomic mass is 32.2. The summed E-state index contributed by atoms with van der Waals surface area (Å²) < 4.78 is 33.1. The fourth-order valence-corrected chi connectivity index (χ4v) is 8.48. The van der Waals surface area contributed by atoms with Crippen molar-refractivity contribution in [3.63, 3.8) is 0 Å². The Morgan fingerprint density at radius 3 is 2.62 bits per heavy atom. The number of nitrogens with one attached hydrogen (secondary N) is 3. The van der Waals surface area contributed by atoms with Gasteiger partial charge in [0.15, 0.2) is 0 Å². The second-order valence-electron chi connectivity index (χ2n) is 13.3. The van der Waals surface area contributed by atoms with Crippen LogP contribution in [0.15, 0.2) is 23.1 Å². The summed E-state index contributed by atoms with van der Waals surface area (Å²) in [4.78, 5) is 28.0. The summed E-state index contributed by atoms with van der Waals surface area (Å²) in [5.74, 6) is -0.282. The van der Waals surface area contributed by atoms with Gasteiger partial charge in [0.2, 0.25) is 15.9 Å². The molecule has 0 radical (unpaired) electrons. The van der Waals surface area contributed by atoms with Crippen molar-refractivity contribution >= 4 is 27.7 Å². The van der Waals surface area contributed by atoms with Gasteiger partial charge in [-0.25, -0.2) is 23.6 Å². The van der Waals surface area contributed by atoms with E-state index in [0.717, 1.165) is 17.7 Å². The van der Waals surface area contributed by atoms with E-state index in [4.69, 9.17) is 4.74 Å². The number of piperidine rings is 2. The van der Waals surface area contributed by atoms with Gasteiger partial charge in [-0.3, -0.25) is 4.79 Å². The first-order chi connectivity index (χ1) is 19.7. The molecule has 0 saturated carbocycles. The first kappa shape index (κ1) is 30.5. The molecule has 0 aromatic heterocycles. The number of rotatable bonds is 6. The van der Waals surface area contributed by atoms with Gasteiger partial charge < -0.3 is 20.3 Å². The minimum Gasteiger partial charge on any atom is -0.444 e. The van der Waals surface area contributed by atoms with Gasteiger partial charge >= 0.3 is 6.09 Å². The Balaban J connectivity index is 1.36. The van der Waals surface area contributed by atoms with Crippen molar-refractivity contribution in [3.8, 4) is 6.07 Å². The first-order valence-electron chi connectivity index (χ1n) is 14.8. The van der Waals surface area contributed by atoms with Gasteiger partial charge in [0.05, 0.1) is 28.8 Å². The predicted octanol–water partition coefficient (Wildman–Crippen LogP) is 2.59. The van der Waals surface area contributed by atoms with Crippen LogP contribution in [0.5, 0.6) is 0 Å². The van der Waals surface area contributed by atoms with Crippen LogP contribution in [-0.4, -0.2) is 84.2 Å². The number of nitriles is 1. The molecule has 12 nitrogen and oxygen atoms in total. The number of amides is 2. The van der Waals surface area contributed by atoms with Crippen molar-refractivity contribution in [3.05, 3.63) is 23.8 Å². The van der Waals surface area contributed by atoms with E-state index in [1.807, 2.05) is 40.7 Å². The molecule has 0 aliphatic carbocycles. The van der Waals surface area contributed by atoms with E-state index in [0.29, 0.717) is 50.5 Å². The van der Waals surface area contributed by atoms with Crippen molar-refractivity contribution in [1.29, 1.82) is 5.26 Å². The van der Waals surface area contributed by atoms with Crippen LogP contribution in [0, 0.1) is 23.2 Å². The topological polar surface area (TPSA) is 147 Å². The molecule has 3 fully saturated rings. The van der Waals surface area contributed by atoms with Gasteiger partial charge in [-0.05, 0) is 69.7 Å². The molecular weight excluding hydrogens is 558 g/mol. The number of benzene rings is 1. The summed E-state index contributed by atoms with van der Waals surface area (Å²) in [6.45, 7) is 11.7. The van der Waals surface area contributed by atoms with E-state index < -0.39 is 33.2 Å². The van der Waals surface area contributed by atoms with Crippen LogP contribution in [0.2, 0.25) is 0 Å². The molecule has 3 unspecified atom stereocenters. The highest BCUT2D eigenvalue weighted by Gasteiger charge is 2.55. The van der Waals surface area contributed by atoms with E-state index in [2.05, 4.69) is 27.1 Å². The number of likely N-dealkylation sites (tertiary alicyclic amines) is 1. The number of carbonyl (C=O) groups is 2. The molecule has 42 heavy (non-hydrogen) atoms. The SMILES string of the molecule is CC(C)CN1Cc2cc(NC3NN(C4(CC#N)CCN(C(=O)OC(C)(C)C)CC4)C4CCNC(=O)C34)ccc2S1(=O)=O. The van der Waals surface area contributed by atoms with Gasteiger partial charge in [0.1, 0.15) is 11.8 Å². The van der Waals surface area contributed by atoms with Crippen LogP contribution in [0.4, 0.5) is 10.5 Å². The lowest BCUT2D eigenvalue weighted by molar-refractivity contribution is -0.128. The number of nitrogens with zero attached hydrogens (tertiary/aromatic N) is 4. The molecule has 0 spiro atoms. The number of carbonyl (C=O) groups excluding carboxylic acids is 2. The van der Waals surface area contributed by atoms with Gasteiger partial charge in [-0.1, -0.05) is 13.8 Å². The van der Waals surface area contributed by atoms with Crippen LogP contribution in [0.25, 0.3) is 0 Å². The Morgan fingerprint density at radius 2 is 1.98 bits per heavy atom. The summed E-state index contributed by atoms with van der Waals surface area (Å²) in [5, 5.41) is 18.4. The molecule has 2 amide bonds. The van der Waals surface area contributed by atoms with E-state index in [9.17, 15) is 23.3 Å². The first-order valence-corrected chi connectivity index (χ1v) is 16.3. The number of anilines is 1. The van der Waals surface area contributed by atoms with Crippen LogP contribution in [0.3, 0.4) is 0 Å². The van der Waals surface area contributed by atoms with Crippen molar-refractivity contribution in [1.82, 2.24) is 25.0 Å². The molecule has 4 heterocycles. The maximum absolute atomic E-state index is 13.2. The molecule has 1 aromatic rings.